The molecule has 13 heteroatoms. The zero-order chi connectivity index (χ0) is 22.6. The summed E-state index contributed by atoms with van der Waals surface area (Å²) in [4.78, 5) is 22.9. The van der Waals surface area contributed by atoms with E-state index in [4.69, 9.17) is 24.1 Å². The molecule has 2 aliphatic rings. The van der Waals surface area contributed by atoms with Crippen LogP contribution in [0.1, 0.15) is 6.92 Å². The number of amides is 1. The fraction of sp³-hybridized carbons (Fsp3) is 0.765. The first kappa shape index (κ1) is 24.6. The number of ether oxygens (including phenoxy) is 4. The van der Waals surface area contributed by atoms with Crippen LogP contribution >= 0.6 is 0 Å². The van der Waals surface area contributed by atoms with Crippen molar-refractivity contribution in [2.75, 3.05) is 13.2 Å². The highest BCUT2D eigenvalue weighted by atomic mass is 16.7. The van der Waals surface area contributed by atoms with E-state index < -0.39 is 79.8 Å². The number of carboxylic acid groups (broad SMARTS) is 1. The summed E-state index contributed by atoms with van der Waals surface area (Å²) < 4.78 is 21.5. The molecule has 7 N–H and O–H groups in total. The van der Waals surface area contributed by atoms with E-state index >= 15 is 0 Å². The molecule has 1 amide bonds. The average Bonchev–Trinajstić information content (AvgIpc) is 2.69. The number of aliphatic hydroxyl groups is 5. The minimum Gasteiger partial charge on any atom is -0.479 e. The predicted molar refractivity (Wildman–Crippen MR) is 94.7 cm³/mol. The van der Waals surface area contributed by atoms with Crippen molar-refractivity contribution in [1.82, 2.24) is 5.32 Å². The molecule has 2 aliphatic heterocycles. The monoisotopic (exact) mass is 437 g/mol. The molecule has 10 atom stereocenters. The van der Waals surface area contributed by atoms with Crippen LogP contribution < -0.4 is 5.32 Å². The SMILES string of the molecule is C=CCO[C@@H]1O[C@H](CO)[C@@H](O)[C@H](O[C@@H]2O[C@H](C(=O)O)[C@@H](O)[C@H](O)[C@H]2O)[C@H]1NC(C)=O. The van der Waals surface area contributed by atoms with Crippen molar-refractivity contribution in [3.05, 3.63) is 12.7 Å². The van der Waals surface area contributed by atoms with Gasteiger partial charge in [0, 0.05) is 6.92 Å². The molecule has 0 bridgehead atoms. The number of nitrogens with one attached hydrogen (secondary N) is 1. The molecule has 2 saturated heterocycles. The van der Waals surface area contributed by atoms with Gasteiger partial charge in [-0.2, -0.15) is 0 Å². The Labute approximate surface area is 171 Å². The first-order valence-corrected chi connectivity index (χ1v) is 9.14. The minimum atomic E-state index is -1.93. The maximum atomic E-state index is 11.7. The van der Waals surface area contributed by atoms with Crippen LogP contribution in [0.15, 0.2) is 12.7 Å². The normalized spacial score (nSPS) is 41.8. The number of carbonyl (C=O) groups is 2. The van der Waals surface area contributed by atoms with Crippen LogP contribution in [0.4, 0.5) is 0 Å². The van der Waals surface area contributed by atoms with Gasteiger partial charge in [-0.1, -0.05) is 6.08 Å². The van der Waals surface area contributed by atoms with Crippen molar-refractivity contribution < 1.29 is 59.2 Å². The maximum absolute atomic E-state index is 11.7. The molecule has 0 radical (unpaired) electrons. The Bertz CT molecular complexity index is 618. The Balaban J connectivity index is 2.31. The van der Waals surface area contributed by atoms with Gasteiger partial charge < -0.3 is 54.9 Å². The smallest absolute Gasteiger partial charge is 0.335 e. The van der Waals surface area contributed by atoms with E-state index in [9.17, 15) is 35.1 Å². The number of hydrogen-bond acceptors (Lipinski definition) is 11. The number of hydrogen-bond donors (Lipinski definition) is 7. The molecule has 2 fully saturated rings. The van der Waals surface area contributed by atoms with E-state index in [1.165, 1.54) is 13.0 Å². The van der Waals surface area contributed by atoms with E-state index in [1.54, 1.807) is 0 Å². The average molecular weight is 437 g/mol. The number of aliphatic hydroxyl groups excluding tert-OH is 5. The van der Waals surface area contributed by atoms with Crippen LogP contribution in [0, 0.1) is 0 Å². The fourth-order valence-corrected chi connectivity index (χ4v) is 3.24. The molecule has 2 rings (SSSR count). The summed E-state index contributed by atoms with van der Waals surface area (Å²) in [5, 5.41) is 61.6. The second kappa shape index (κ2) is 10.6. The summed E-state index contributed by atoms with van der Waals surface area (Å²) in [5.41, 5.74) is 0. The molecule has 0 aromatic rings. The van der Waals surface area contributed by atoms with Crippen LogP contribution in [0.3, 0.4) is 0 Å². The van der Waals surface area contributed by atoms with Crippen LogP contribution in [-0.4, -0.2) is 117 Å². The van der Waals surface area contributed by atoms with E-state index in [0.29, 0.717) is 0 Å². The van der Waals surface area contributed by atoms with Crippen molar-refractivity contribution in [3.8, 4) is 0 Å². The van der Waals surface area contributed by atoms with Gasteiger partial charge in [0.05, 0.1) is 13.2 Å². The standard InChI is InChI=1S/C17H27NO12/c1-3-4-27-16-8(18-6(2)20)13(9(21)7(5-19)28-16)29-17-12(24)10(22)11(23)14(30-17)15(25)26/h3,7-14,16-17,19,21-24H,1,4-5H2,2H3,(H,18,20)(H,25,26)/t7-,8-,9-,10+,11+,12-,13-,14+,16-,17-/m1/s1. The second-order valence-corrected chi connectivity index (χ2v) is 6.90. The molecule has 0 aliphatic carbocycles. The third-order valence-corrected chi connectivity index (χ3v) is 4.71. The molecule has 13 nitrogen and oxygen atoms in total. The third kappa shape index (κ3) is 5.32. The summed E-state index contributed by atoms with van der Waals surface area (Å²) in [6, 6.07) is -1.18. The van der Waals surface area contributed by atoms with Gasteiger partial charge in [-0.15, -0.1) is 6.58 Å². The molecule has 2 heterocycles. The van der Waals surface area contributed by atoms with Crippen LogP contribution in [0.2, 0.25) is 0 Å². The molecule has 0 aromatic heterocycles. The highest BCUT2D eigenvalue weighted by molar-refractivity contribution is 5.73. The largest absolute Gasteiger partial charge is 0.479 e. The molecule has 0 unspecified atom stereocenters. The molecule has 30 heavy (non-hydrogen) atoms. The lowest BCUT2D eigenvalue weighted by atomic mass is 9.95. The highest BCUT2D eigenvalue weighted by Crippen LogP contribution is 2.29. The summed E-state index contributed by atoms with van der Waals surface area (Å²) in [6.45, 7) is 3.99. The zero-order valence-electron chi connectivity index (χ0n) is 16.1. The number of aliphatic carboxylic acids is 1. The van der Waals surface area contributed by atoms with E-state index in [0.717, 1.165) is 0 Å². The van der Waals surface area contributed by atoms with Gasteiger partial charge in [0.1, 0.15) is 42.7 Å². The first-order chi connectivity index (χ1) is 14.1. The van der Waals surface area contributed by atoms with Crippen LogP contribution in [-0.2, 0) is 28.5 Å². The Morgan fingerprint density at radius 1 is 1.07 bits per heavy atom. The minimum absolute atomic E-state index is 0.0176. The van der Waals surface area contributed by atoms with E-state index in [1.807, 2.05) is 0 Å². The van der Waals surface area contributed by atoms with Gasteiger partial charge >= 0.3 is 5.97 Å². The zero-order valence-corrected chi connectivity index (χ0v) is 16.1. The van der Waals surface area contributed by atoms with Gasteiger partial charge in [0.2, 0.25) is 5.91 Å². The van der Waals surface area contributed by atoms with Gasteiger partial charge in [-0.25, -0.2) is 4.79 Å². The van der Waals surface area contributed by atoms with Crippen molar-refractivity contribution in [2.24, 2.45) is 0 Å². The van der Waals surface area contributed by atoms with Crippen molar-refractivity contribution >= 4 is 11.9 Å². The Morgan fingerprint density at radius 2 is 1.73 bits per heavy atom. The van der Waals surface area contributed by atoms with Crippen molar-refractivity contribution in [3.63, 3.8) is 0 Å². The van der Waals surface area contributed by atoms with Crippen LogP contribution in [0.25, 0.3) is 0 Å². The quantitative estimate of drug-likeness (QED) is 0.182. The molecule has 0 aromatic carbocycles. The van der Waals surface area contributed by atoms with Gasteiger partial charge in [0.25, 0.3) is 0 Å². The lowest BCUT2D eigenvalue weighted by Crippen LogP contribution is -2.68. The molecule has 0 spiro atoms. The summed E-state index contributed by atoms with van der Waals surface area (Å²) in [5.74, 6) is -2.17. The van der Waals surface area contributed by atoms with Gasteiger partial charge in [-0.05, 0) is 0 Å². The molecule has 0 saturated carbocycles. The topological polar surface area (TPSA) is 204 Å². The van der Waals surface area contributed by atoms with E-state index in [2.05, 4.69) is 11.9 Å². The van der Waals surface area contributed by atoms with Crippen LogP contribution in [0.5, 0.6) is 0 Å². The molecule has 172 valence electrons. The summed E-state index contributed by atoms with van der Waals surface area (Å²) >= 11 is 0. The maximum Gasteiger partial charge on any atom is 0.335 e. The Hall–Kier alpha value is -1.68. The van der Waals surface area contributed by atoms with Gasteiger partial charge in [-0.3, -0.25) is 4.79 Å². The fourth-order valence-electron chi connectivity index (χ4n) is 3.24. The summed E-state index contributed by atoms with van der Waals surface area (Å²) in [7, 11) is 0. The van der Waals surface area contributed by atoms with Crippen molar-refractivity contribution in [1.29, 1.82) is 0 Å². The number of rotatable bonds is 8. The second-order valence-electron chi connectivity index (χ2n) is 6.90. The Morgan fingerprint density at radius 3 is 2.27 bits per heavy atom. The van der Waals surface area contributed by atoms with Crippen molar-refractivity contribution in [2.45, 2.75) is 68.3 Å². The molecular weight excluding hydrogens is 410 g/mol. The molecular formula is C17H27NO12. The lowest BCUT2D eigenvalue weighted by molar-refractivity contribution is -0.339. The van der Waals surface area contributed by atoms with Gasteiger partial charge in [0.15, 0.2) is 18.7 Å². The Kier molecular flexibility index (Phi) is 8.66. The third-order valence-electron chi connectivity index (χ3n) is 4.71. The number of carbonyl (C=O) groups excluding carboxylic acids is 1. The number of carboxylic acids is 1. The predicted octanol–water partition coefficient (Wildman–Crippen LogP) is -3.95. The lowest BCUT2D eigenvalue weighted by Gasteiger charge is -2.47. The first-order valence-electron chi connectivity index (χ1n) is 9.14. The van der Waals surface area contributed by atoms with E-state index in [-0.39, 0.29) is 6.61 Å². The highest BCUT2D eigenvalue weighted by Gasteiger charge is 2.52. The summed E-state index contributed by atoms with van der Waals surface area (Å²) in [6.07, 6.45) is -13.5.